The maximum absolute atomic E-state index is 11.7. The summed E-state index contributed by atoms with van der Waals surface area (Å²) >= 11 is 0. The monoisotopic (exact) mass is 491 g/mol. The molecule has 2 aromatic heterocycles. The van der Waals surface area contributed by atoms with Crippen molar-refractivity contribution in [2.24, 2.45) is 0 Å². The summed E-state index contributed by atoms with van der Waals surface area (Å²) in [6.45, 7) is -0.816. The van der Waals surface area contributed by atoms with Crippen LogP contribution >= 0.6 is 23.5 Å². The number of aromatic nitrogens is 3. The number of hydrogen-bond donors (Lipinski definition) is 6. The standard InChI is InChI=1S/C10H16N5O12P3/c11-5-1-15(10-8(5)9(12)13-4-14-10)6-2-23-7(25-6)3-24-29(19,20)27-30(21,22)26-28(16,17)18/h1,4,6-7H,2-3,11H2,(H,19,20)(H,21,22)(H2,12,13,14)(H2,16,17,18)/t6-,7-/m1/s1. The largest absolute Gasteiger partial charge is 0.490 e. The van der Waals surface area contributed by atoms with Gasteiger partial charge in [-0.2, -0.15) is 8.62 Å². The zero-order valence-electron chi connectivity index (χ0n) is 14.6. The third-order valence-electron chi connectivity index (χ3n) is 3.50. The molecule has 1 fully saturated rings. The zero-order chi connectivity index (χ0) is 22.3. The van der Waals surface area contributed by atoms with E-state index in [4.69, 9.17) is 35.6 Å². The van der Waals surface area contributed by atoms with Gasteiger partial charge in [-0.15, -0.1) is 0 Å². The molecule has 3 rings (SSSR count). The molecular formula is C10H16N5O12P3. The second kappa shape index (κ2) is 8.24. The van der Waals surface area contributed by atoms with Gasteiger partial charge in [0.15, 0.2) is 12.5 Å². The van der Waals surface area contributed by atoms with E-state index in [2.05, 4.69) is 23.1 Å². The van der Waals surface area contributed by atoms with Gasteiger partial charge in [-0.1, -0.05) is 0 Å². The van der Waals surface area contributed by atoms with Crippen molar-refractivity contribution in [1.82, 2.24) is 14.5 Å². The maximum atomic E-state index is 11.7. The average Bonchev–Trinajstić information content (AvgIpc) is 3.15. The Kier molecular flexibility index (Phi) is 6.38. The van der Waals surface area contributed by atoms with Crippen LogP contribution in [0.4, 0.5) is 11.5 Å². The Bertz CT molecular complexity index is 1090. The summed E-state index contributed by atoms with van der Waals surface area (Å²) in [5.41, 5.74) is 12.3. The van der Waals surface area contributed by atoms with Crippen LogP contribution in [0.5, 0.6) is 0 Å². The summed E-state index contributed by atoms with van der Waals surface area (Å²) in [7, 11) is -16.4. The number of hydrogen-bond acceptors (Lipinski definition) is 12. The lowest BCUT2D eigenvalue weighted by atomic mass is 10.3. The highest BCUT2D eigenvalue weighted by Crippen LogP contribution is 2.66. The van der Waals surface area contributed by atoms with Gasteiger partial charge in [0.25, 0.3) is 0 Å². The van der Waals surface area contributed by atoms with Crippen molar-refractivity contribution in [3.8, 4) is 0 Å². The summed E-state index contributed by atoms with van der Waals surface area (Å²) in [5.74, 6) is 0.152. The first-order valence-electron chi connectivity index (χ1n) is 7.68. The number of fused-ring (bicyclic) bond motifs is 1. The molecule has 1 aliphatic rings. The van der Waals surface area contributed by atoms with Crippen molar-refractivity contribution < 1.29 is 55.9 Å². The lowest BCUT2D eigenvalue weighted by Gasteiger charge is -2.18. The third kappa shape index (κ3) is 5.62. The molecule has 30 heavy (non-hydrogen) atoms. The Hall–Kier alpha value is -1.45. The van der Waals surface area contributed by atoms with E-state index in [0.29, 0.717) is 11.0 Å². The highest BCUT2D eigenvalue weighted by molar-refractivity contribution is 7.66. The molecule has 4 atom stereocenters. The quantitative estimate of drug-likeness (QED) is 0.261. The SMILES string of the molecule is Nc1cn([C@H]2CO[C@@H](COP(=O)(O)OP(=O)(O)OP(=O)(O)O)O2)c2ncnc(N)c12. The van der Waals surface area contributed by atoms with Crippen LogP contribution in [0.25, 0.3) is 11.0 Å². The Morgan fingerprint density at radius 2 is 1.83 bits per heavy atom. The molecule has 1 saturated heterocycles. The van der Waals surface area contributed by atoms with Gasteiger partial charge in [0.05, 0.1) is 17.7 Å². The lowest BCUT2D eigenvalue weighted by molar-refractivity contribution is -0.0960. The predicted octanol–water partition coefficient (Wildman–Crippen LogP) is -0.190. The Balaban J connectivity index is 1.62. The minimum Gasteiger partial charge on any atom is -0.397 e. The van der Waals surface area contributed by atoms with Crippen molar-refractivity contribution in [1.29, 1.82) is 0 Å². The second-order valence-corrected chi connectivity index (χ2v) is 10.1. The maximum Gasteiger partial charge on any atom is 0.490 e. The van der Waals surface area contributed by atoms with E-state index < -0.39 is 42.6 Å². The molecule has 0 aromatic carbocycles. The first kappa shape index (κ1) is 23.2. The second-order valence-electron chi connectivity index (χ2n) is 5.69. The number of nitrogen functional groups attached to an aromatic ring is 2. The molecule has 0 radical (unpaired) electrons. The molecule has 17 nitrogen and oxygen atoms in total. The summed E-state index contributed by atoms with van der Waals surface area (Å²) < 4.78 is 57.5. The van der Waals surface area contributed by atoms with Crippen molar-refractivity contribution >= 4 is 46.0 Å². The van der Waals surface area contributed by atoms with Crippen molar-refractivity contribution in [3.63, 3.8) is 0 Å². The molecule has 0 bridgehead atoms. The fraction of sp³-hybridized carbons (Fsp3) is 0.400. The number of phosphoric ester groups is 1. The Morgan fingerprint density at radius 3 is 2.50 bits per heavy atom. The fourth-order valence-corrected chi connectivity index (χ4v) is 5.50. The first-order chi connectivity index (χ1) is 13.8. The molecular weight excluding hydrogens is 475 g/mol. The van der Waals surface area contributed by atoms with Gasteiger partial charge < -0.3 is 45.1 Å². The normalized spacial score (nSPS) is 24.0. The molecule has 0 amide bonds. The summed E-state index contributed by atoms with van der Waals surface area (Å²) in [6.07, 6.45) is 0.691. The van der Waals surface area contributed by atoms with Crippen molar-refractivity contribution in [3.05, 3.63) is 12.5 Å². The molecule has 0 spiro atoms. The number of rotatable bonds is 8. The van der Waals surface area contributed by atoms with E-state index in [-0.39, 0.29) is 18.1 Å². The molecule has 20 heteroatoms. The van der Waals surface area contributed by atoms with Crippen LogP contribution in [0.2, 0.25) is 0 Å². The highest BCUT2D eigenvalue weighted by Gasteiger charge is 2.41. The summed E-state index contributed by atoms with van der Waals surface area (Å²) in [4.78, 5) is 43.4. The molecule has 168 valence electrons. The predicted molar refractivity (Wildman–Crippen MR) is 96.0 cm³/mol. The van der Waals surface area contributed by atoms with Crippen LogP contribution in [0.15, 0.2) is 12.5 Å². The molecule has 2 unspecified atom stereocenters. The van der Waals surface area contributed by atoms with Crippen molar-refractivity contribution in [2.45, 2.75) is 12.5 Å². The summed E-state index contributed by atoms with van der Waals surface area (Å²) in [5, 5.41) is 0.401. The minimum absolute atomic E-state index is 0.0580. The van der Waals surface area contributed by atoms with Crippen molar-refractivity contribution in [2.75, 3.05) is 24.7 Å². The molecule has 8 N–H and O–H groups in total. The van der Waals surface area contributed by atoms with Gasteiger partial charge in [0.1, 0.15) is 24.4 Å². The summed E-state index contributed by atoms with van der Waals surface area (Å²) in [6, 6.07) is 0. The van der Waals surface area contributed by atoms with Crippen LogP contribution < -0.4 is 11.5 Å². The number of nitrogens with two attached hydrogens (primary N) is 2. The molecule has 0 aliphatic carbocycles. The van der Waals surface area contributed by atoms with E-state index in [1.807, 2.05) is 0 Å². The third-order valence-corrected chi connectivity index (χ3v) is 7.30. The van der Waals surface area contributed by atoms with E-state index >= 15 is 0 Å². The van der Waals surface area contributed by atoms with Crippen LogP contribution in [-0.2, 0) is 36.3 Å². The van der Waals surface area contributed by atoms with E-state index in [1.165, 1.54) is 17.1 Å². The first-order valence-corrected chi connectivity index (χ1v) is 12.2. The molecule has 2 aromatic rings. The minimum atomic E-state index is -5.61. The van der Waals surface area contributed by atoms with Gasteiger partial charge in [-0.05, 0) is 0 Å². The van der Waals surface area contributed by atoms with Gasteiger partial charge in [-0.3, -0.25) is 4.52 Å². The van der Waals surface area contributed by atoms with Crippen LogP contribution in [0, 0.1) is 0 Å². The molecule has 0 saturated carbocycles. The number of ether oxygens (including phenoxy) is 2. The van der Waals surface area contributed by atoms with Gasteiger partial charge >= 0.3 is 23.5 Å². The molecule has 1 aliphatic heterocycles. The topological polar surface area (TPSA) is 261 Å². The lowest BCUT2D eigenvalue weighted by Crippen LogP contribution is -2.17. The van der Waals surface area contributed by atoms with Crippen LogP contribution in [0.3, 0.4) is 0 Å². The highest BCUT2D eigenvalue weighted by atomic mass is 31.3. The van der Waals surface area contributed by atoms with E-state index in [0.717, 1.165) is 0 Å². The fourth-order valence-electron chi connectivity index (χ4n) is 2.49. The van der Waals surface area contributed by atoms with Gasteiger partial charge in [0.2, 0.25) is 0 Å². The average molecular weight is 491 g/mol. The molecule has 3 heterocycles. The van der Waals surface area contributed by atoms with E-state index in [9.17, 15) is 18.6 Å². The van der Waals surface area contributed by atoms with Crippen LogP contribution in [0.1, 0.15) is 6.23 Å². The zero-order valence-corrected chi connectivity index (χ0v) is 17.3. The van der Waals surface area contributed by atoms with Gasteiger partial charge in [-0.25, -0.2) is 23.7 Å². The number of anilines is 2. The number of phosphoric acid groups is 3. The number of nitrogens with zero attached hydrogens (tertiary/aromatic N) is 3. The van der Waals surface area contributed by atoms with Crippen LogP contribution in [-0.4, -0.2) is 53.6 Å². The van der Waals surface area contributed by atoms with E-state index in [1.54, 1.807) is 0 Å². The Morgan fingerprint density at radius 1 is 1.13 bits per heavy atom. The van der Waals surface area contributed by atoms with Gasteiger partial charge in [0, 0.05) is 6.20 Å². The smallest absolute Gasteiger partial charge is 0.397 e. The Labute approximate surface area is 166 Å².